The first-order valence-corrected chi connectivity index (χ1v) is 6.63. The van der Waals surface area contributed by atoms with E-state index in [9.17, 15) is 9.18 Å². The van der Waals surface area contributed by atoms with E-state index in [-0.39, 0.29) is 23.6 Å². The summed E-state index contributed by atoms with van der Waals surface area (Å²) >= 11 is 6.01. The van der Waals surface area contributed by atoms with Crippen molar-refractivity contribution in [1.29, 1.82) is 0 Å². The number of likely N-dealkylation sites (tertiary alicyclic amines) is 1. The fourth-order valence-corrected chi connectivity index (χ4v) is 2.77. The summed E-state index contributed by atoms with van der Waals surface area (Å²) in [6.45, 7) is 4.12. The van der Waals surface area contributed by atoms with Gasteiger partial charge in [0.1, 0.15) is 5.82 Å². The zero-order valence-electron chi connectivity index (χ0n) is 11.0. The largest absolute Gasteiger partial charge is 0.469 e. The summed E-state index contributed by atoms with van der Waals surface area (Å²) in [6, 6.07) is 4.40. The Morgan fingerprint density at radius 3 is 2.89 bits per heavy atom. The van der Waals surface area contributed by atoms with Crippen LogP contribution in [0.4, 0.5) is 4.39 Å². The second-order valence-corrected chi connectivity index (χ2v) is 5.44. The minimum atomic E-state index is -0.337. The van der Waals surface area contributed by atoms with Crippen LogP contribution >= 0.6 is 11.6 Å². The van der Waals surface area contributed by atoms with E-state index in [2.05, 4.69) is 4.90 Å². The highest BCUT2D eigenvalue weighted by Gasteiger charge is 2.35. The van der Waals surface area contributed by atoms with Gasteiger partial charge in [-0.3, -0.25) is 9.69 Å². The van der Waals surface area contributed by atoms with Gasteiger partial charge in [-0.05, 0) is 23.6 Å². The van der Waals surface area contributed by atoms with Crippen molar-refractivity contribution in [3.8, 4) is 0 Å². The van der Waals surface area contributed by atoms with Crippen LogP contribution in [0.5, 0.6) is 0 Å². The highest BCUT2D eigenvalue weighted by molar-refractivity contribution is 6.31. The fourth-order valence-electron chi connectivity index (χ4n) is 2.55. The van der Waals surface area contributed by atoms with Gasteiger partial charge < -0.3 is 4.74 Å². The monoisotopic (exact) mass is 285 g/mol. The molecule has 2 unspecified atom stereocenters. The molecule has 0 spiro atoms. The molecule has 0 aliphatic carbocycles. The van der Waals surface area contributed by atoms with E-state index in [0.717, 1.165) is 12.1 Å². The number of halogens is 2. The van der Waals surface area contributed by atoms with Crippen LogP contribution < -0.4 is 0 Å². The summed E-state index contributed by atoms with van der Waals surface area (Å²) in [6.07, 6.45) is 0. The fraction of sp³-hybridized carbons (Fsp3) is 0.500. The highest BCUT2D eigenvalue weighted by atomic mass is 35.5. The molecule has 1 aliphatic heterocycles. The van der Waals surface area contributed by atoms with E-state index in [4.69, 9.17) is 16.3 Å². The number of ether oxygens (including phenoxy) is 1. The lowest BCUT2D eigenvalue weighted by molar-refractivity contribution is -0.146. The number of hydrogen-bond acceptors (Lipinski definition) is 3. The molecule has 2 atom stereocenters. The van der Waals surface area contributed by atoms with Crippen molar-refractivity contribution in [2.75, 3.05) is 20.2 Å². The van der Waals surface area contributed by atoms with Crippen LogP contribution in [0, 0.1) is 17.7 Å². The molecule has 0 radical (unpaired) electrons. The maximum absolute atomic E-state index is 13.0. The molecule has 0 amide bonds. The van der Waals surface area contributed by atoms with Crippen LogP contribution in [0.3, 0.4) is 0 Å². The van der Waals surface area contributed by atoms with Gasteiger partial charge in [-0.15, -0.1) is 0 Å². The number of rotatable bonds is 3. The average molecular weight is 286 g/mol. The van der Waals surface area contributed by atoms with Crippen LogP contribution in [0.2, 0.25) is 5.02 Å². The third kappa shape index (κ3) is 3.25. The summed E-state index contributed by atoms with van der Waals surface area (Å²) in [5.74, 6) is -0.341. The Bertz CT molecular complexity index is 481. The Kier molecular flexibility index (Phi) is 4.42. The molecule has 1 aliphatic rings. The van der Waals surface area contributed by atoms with E-state index in [1.165, 1.54) is 19.2 Å². The molecule has 1 saturated heterocycles. The first kappa shape index (κ1) is 14.3. The molecule has 1 aromatic rings. The van der Waals surface area contributed by atoms with Crippen molar-refractivity contribution in [2.24, 2.45) is 11.8 Å². The number of carbonyl (C=O) groups excluding carboxylic acids is 1. The minimum absolute atomic E-state index is 0.0933. The second kappa shape index (κ2) is 5.88. The molecule has 1 heterocycles. The first-order valence-electron chi connectivity index (χ1n) is 6.25. The van der Waals surface area contributed by atoms with Crippen molar-refractivity contribution in [1.82, 2.24) is 4.90 Å². The van der Waals surface area contributed by atoms with Crippen molar-refractivity contribution in [3.05, 3.63) is 34.6 Å². The smallest absolute Gasteiger partial charge is 0.310 e. The van der Waals surface area contributed by atoms with Gasteiger partial charge in [0.05, 0.1) is 13.0 Å². The molecule has 1 fully saturated rings. The van der Waals surface area contributed by atoms with E-state index < -0.39 is 0 Å². The summed E-state index contributed by atoms with van der Waals surface area (Å²) in [4.78, 5) is 13.8. The zero-order chi connectivity index (χ0) is 14.0. The molecule has 5 heteroatoms. The summed E-state index contributed by atoms with van der Waals surface area (Å²) in [5, 5.41) is 0.425. The molecule has 0 N–H and O–H groups in total. The van der Waals surface area contributed by atoms with E-state index in [1.807, 2.05) is 6.92 Å². The van der Waals surface area contributed by atoms with Gasteiger partial charge in [0, 0.05) is 24.7 Å². The quantitative estimate of drug-likeness (QED) is 0.800. The molecule has 0 aromatic heterocycles. The molecule has 1 aromatic carbocycles. The third-order valence-corrected chi connectivity index (χ3v) is 3.95. The SMILES string of the molecule is COC(=O)C1CN(Cc2ccc(F)cc2Cl)CC1C. The maximum atomic E-state index is 13.0. The van der Waals surface area contributed by atoms with Gasteiger partial charge in [-0.25, -0.2) is 4.39 Å². The average Bonchev–Trinajstić information content (AvgIpc) is 2.73. The van der Waals surface area contributed by atoms with Crippen molar-refractivity contribution >= 4 is 17.6 Å². The predicted molar refractivity (Wildman–Crippen MR) is 71.4 cm³/mol. The molecular weight excluding hydrogens is 269 g/mol. The first-order chi connectivity index (χ1) is 9.01. The van der Waals surface area contributed by atoms with Gasteiger partial charge in [0.2, 0.25) is 0 Å². The molecule has 0 saturated carbocycles. The van der Waals surface area contributed by atoms with Gasteiger partial charge in [0.15, 0.2) is 0 Å². The Hall–Kier alpha value is -1.13. The van der Waals surface area contributed by atoms with Crippen molar-refractivity contribution < 1.29 is 13.9 Å². The Labute approximate surface area is 117 Å². The Morgan fingerprint density at radius 2 is 2.26 bits per heavy atom. The third-order valence-electron chi connectivity index (χ3n) is 3.60. The molecule has 3 nitrogen and oxygen atoms in total. The van der Waals surface area contributed by atoms with Gasteiger partial charge >= 0.3 is 5.97 Å². The maximum Gasteiger partial charge on any atom is 0.310 e. The van der Waals surface area contributed by atoms with Gasteiger partial charge in [-0.1, -0.05) is 24.6 Å². The number of methoxy groups -OCH3 is 1. The van der Waals surface area contributed by atoms with Crippen LogP contribution in [-0.2, 0) is 16.1 Å². The highest BCUT2D eigenvalue weighted by Crippen LogP contribution is 2.27. The van der Waals surface area contributed by atoms with Gasteiger partial charge in [-0.2, -0.15) is 0 Å². The number of esters is 1. The van der Waals surface area contributed by atoms with Crippen LogP contribution in [0.15, 0.2) is 18.2 Å². The van der Waals surface area contributed by atoms with Crippen LogP contribution in [0.1, 0.15) is 12.5 Å². The molecule has 104 valence electrons. The molecule has 2 rings (SSSR count). The zero-order valence-corrected chi connectivity index (χ0v) is 11.8. The van der Waals surface area contributed by atoms with E-state index in [0.29, 0.717) is 18.1 Å². The lowest BCUT2D eigenvalue weighted by Gasteiger charge is -2.16. The normalized spacial score (nSPS) is 23.6. The molecular formula is C14H17ClFNO2. The van der Waals surface area contributed by atoms with Crippen LogP contribution in [0.25, 0.3) is 0 Å². The predicted octanol–water partition coefficient (Wildman–Crippen LogP) is 2.72. The summed E-state index contributed by atoms with van der Waals surface area (Å²) in [5.41, 5.74) is 0.876. The summed E-state index contributed by atoms with van der Waals surface area (Å²) < 4.78 is 17.8. The van der Waals surface area contributed by atoms with E-state index >= 15 is 0 Å². The number of nitrogens with zero attached hydrogens (tertiary/aromatic N) is 1. The number of hydrogen-bond donors (Lipinski definition) is 0. The number of benzene rings is 1. The van der Waals surface area contributed by atoms with Crippen molar-refractivity contribution in [3.63, 3.8) is 0 Å². The summed E-state index contributed by atoms with van der Waals surface area (Å²) in [7, 11) is 1.41. The second-order valence-electron chi connectivity index (χ2n) is 5.04. The topological polar surface area (TPSA) is 29.5 Å². The number of carbonyl (C=O) groups is 1. The molecule has 0 bridgehead atoms. The lowest BCUT2D eigenvalue weighted by Crippen LogP contribution is -2.24. The lowest BCUT2D eigenvalue weighted by atomic mass is 9.99. The molecule has 19 heavy (non-hydrogen) atoms. The van der Waals surface area contributed by atoms with Crippen LogP contribution in [-0.4, -0.2) is 31.1 Å². The Balaban J connectivity index is 2.03. The van der Waals surface area contributed by atoms with Gasteiger partial charge in [0.25, 0.3) is 0 Å². The standard InChI is InChI=1S/C14H17ClFNO2/c1-9-6-17(8-12(9)14(18)19-2)7-10-3-4-11(16)5-13(10)15/h3-5,9,12H,6-8H2,1-2H3. The van der Waals surface area contributed by atoms with Crippen molar-refractivity contribution in [2.45, 2.75) is 13.5 Å². The Morgan fingerprint density at radius 1 is 1.53 bits per heavy atom. The van der Waals surface area contributed by atoms with E-state index in [1.54, 1.807) is 6.07 Å². The minimum Gasteiger partial charge on any atom is -0.469 e.